The molecule has 0 saturated heterocycles. The minimum atomic E-state index is -0.225. The number of hydrogen-bond donors (Lipinski definition) is 0. The molecule has 12 aromatic rings. The van der Waals surface area contributed by atoms with Crippen molar-refractivity contribution in [3.8, 4) is 27.9 Å². The van der Waals surface area contributed by atoms with E-state index in [4.69, 9.17) is 0 Å². The van der Waals surface area contributed by atoms with Crippen molar-refractivity contribution in [3.63, 3.8) is 0 Å². The quantitative estimate of drug-likeness (QED) is 0.156. The van der Waals surface area contributed by atoms with Crippen LogP contribution in [0.25, 0.3) is 113 Å². The predicted molar refractivity (Wildman–Crippen MR) is 247 cm³/mol. The summed E-state index contributed by atoms with van der Waals surface area (Å²) in [5.74, 6) is 0. The highest BCUT2D eigenvalue weighted by Crippen LogP contribution is 2.57. The van der Waals surface area contributed by atoms with Gasteiger partial charge in [0.25, 0.3) is 0 Å². The molecule has 10 aromatic carbocycles. The van der Waals surface area contributed by atoms with E-state index in [0.717, 1.165) is 0 Å². The molecule has 0 atom stereocenters. The molecule has 0 radical (unpaired) electrons. The van der Waals surface area contributed by atoms with E-state index in [9.17, 15) is 0 Å². The number of rotatable bonds is 2. The normalized spacial score (nSPS) is 13.6. The monoisotopic (exact) mass is 741 g/mol. The standard InChI is InChI=1S/C55H35NS/c1-55(2)45-31-33(26-28-43(45)51-41-21-8-7-20-40(41)50-38-18-5-3-14-34(38)35-15-4-6-19-39(35)52(50)53(51)55)32-27-29-47-44(30-32)36-16-9-11-23-46(36)56(47)48-24-13-22-42-37-17-10-12-25-49(37)57-54(42)48/h3-31H,1-2H3. The molecular formula is C55H35NS. The van der Waals surface area contributed by atoms with Crippen LogP contribution in [0.4, 0.5) is 0 Å². The maximum absolute atomic E-state index is 2.50. The molecule has 0 fully saturated rings. The summed E-state index contributed by atoms with van der Waals surface area (Å²) in [5.41, 5.74) is 11.6. The summed E-state index contributed by atoms with van der Waals surface area (Å²) in [6.07, 6.45) is 0. The zero-order chi connectivity index (χ0) is 37.6. The number of hydrogen-bond acceptors (Lipinski definition) is 1. The first kappa shape index (κ1) is 31.5. The topological polar surface area (TPSA) is 4.93 Å². The fourth-order valence-electron chi connectivity index (χ4n) is 10.7. The zero-order valence-corrected chi connectivity index (χ0v) is 32.4. The maximum atomic E-state index is 2.50. The van der Waals surface area contributed by atoms with Gasteiger partial charge in [0.1, 0.15) is 0 Å². The van der Waals surface area contributed by atoms with Gasteiger partial charge in [-0.3, -0.25) is 0 Å². The van der Waals surface area contributed by atoms with E-state index in [1.807, 2.05) is 11.3 Å². The number of aromatic nitrogens is 1. The first-order valence-electron chi connectivity index (χ1n) is 19.9. The largest absolute Gasteiger partial charge is 0.308 e. The summed E-state index contributed by atoms with van der Waals surface area (Å²) in [6, 6.07) is 66.0. The van der Waals surface area contributed by atoms with Gasteiger partial charge in [0, 0.05) is 31.7 Å². The highest BCUT2D eigenvalue weighted by atomic mass is 32.1. The van der Waals surface area contributed by atoms with Gasteiger partial charge in [-0.2, -0.15) is 0 Å². The van der Waals surface area contributed by atoms with E-state index < -0.39 is 0 Å². The number of para-hydroxylation sites is 1. The van der Waals surface area contributed by atoms with Crippen LogP contribution in [0.3, 0.4) is 0 Å². The van der Waals surface area contributed by atoms with Crippen molar-refractivity contribution in [2.45, 2.75) is 19.3 Å². The second-order valence-electron chi connectivity index (χ2n) is 16.4. The van der Waals surface area contributed by atoms with Crippen molar-refractivity contribution in [2.24, 2.45) is 0 Å². The van der Waals surface area contributed by atoms with Gasteiger partial charge in [0.05, 0.1) is 21.4 Å². The lowest BCUT2D eigenvalue weighted by Gasteiger charge is -2.26. The van der Waals surface area contributed by atoms with Crippen molar-refractivity contribution in [1.29, 1.82) is 0 Å². The number of nitrogens with zero attached hydrogens (tertiary/aromatic N) is 1. The molecule has 13 rings (SSSR count). The molecule has 1 nitrogen and oxygen atoms in total. The van der Waals surface area contributed by atoms with E-state index in [1.165, 1.54) is 124 Å². The summed E-state index contributed by atoms with van der Waals surface area (Å²) in [6.45, 7) is 4.90. The Balaban J connectivity index is 1.04. The third-order valence-electron chi connectivity index (χ3n) is 13.1. The summed E-state index contributed by atoms with van der Waals surface area (Å²) >= 11 is 1.89. The van der Waals surface area contributed by atoms with Crippen LogP contribution in [0.2, 0.25) is 0 Å². The fourth-order valence-corrected chi connectivity index (χ4v) is 11.9. The lowest BCUT2D eigenvalue weighted by Crippen LogP contribution is -2.16. The van der Waals surface area contributed by atoms with Gasteiger partial charge in [0.2, 0.25) is 0 Å². The van der Waals surface area contributed by atoms with E-state index in [1.54, 1.807) is 0 Å². The van der Waals surface area contributed by atoms with Gasteiger partial charge in [0.15, 0.2) is 0 Å². The molecule has 266 valence electrons. The van der Waals surface area contributed by atoms with Gasteiger partial charge >= 0.3 is 0 Å². The Kier molecular flexibility index (Phi) is 6.18. The first-order valence-corrected chi connectivity index (χ1v) is 20.8. The van der Waals surface area contributed by atoms with E-state index in [2.05, 4.69) is 194 Å². The summed E-state index contributed by atoms with van der Waals surface area (Å²) in [5, 5.41) is 15.9. The number of fused-ring (bicyclic) bond motifs is 19. The Hall–Kier alpha value is -6.74. The molecule has 0 aliphatic heterocycles. The Labute approximate surface area is 333 Å². The SMILES string of the molecule is CC1(C)c2cc(-c3ccc4c(c3)c3ccccc3n4-c3cccc4c3sc3ccccc34)ccc2-c2c1c1c3ccccc3c3ccccc3c1c1ccccc21. The summed E-state index contributed by atoms with van der Waals surface area (Å²) < 4.78 is 5.14. The molecule has 2 heterocycles. The van der Waals surface area contributed by atoms with Gasteiger partial charge < -0.3 is 4.57 Å². The van der Waals surface area contributed by atoms with Crippen LogP contribution in [-0.2, 0) is 5.41 Å². The molecule has 0 bridgehead atoms. The smallest absolute Gasteiger partial charge is 0.0640 e. The second kappa shape index (κ2) is 11.2. The maximum Gasteiger partial charge on any atom is 0.0640 e. The average Bonchev–Trinajstić information content (AvgIpc) is 3.88. The van der Waals surface area contributed by atoms with Gasteiger partial charge in [-0.1, -0.05) is 153 Å². The van der Waals surface area contributed by atoms with Gasteiger partial charge in [-0.25, -0.2) is 0 Å². The van der Waals surface area contributed by atoms with Crippen LogP contribution in [0.1, 0.15) is 25.0 Å². The Bertz CT molecular complexity index is 3720. The molecule has 0 spiro atoms. The van der Waals surface area contributed by atoms with Crippen LogP contribution in [0.5, 0.6) is 0 Å². The fraction of sp³-hybridized carbons (Fsp3) is 0.0545. The van der Waals surface area contributed by atoms with Crippen LogP contribution in [0, 0.1) is 0 Å². The van der Waals surface area contributed by atoms with Crippen molar-refractivity contribution in [2.75, 3.05) is 0 Å². The summed E-state index contributed by atoms with van der Waals surface area (Å²) in [7, 11) is 0. The first-order chi connectivity index (χ1) is 28.1. The molecule has 0 amide bonds. The Morgan fingerprint density at radius 1 is 0.421 bits per heavy atom. The molecule has 0 saturated carbocycles. The molecule has 2 heteroatoms. The highest BCUT2D eigenvalue weighted by Gasteiger charge is 2.39. The van der Waals surface area contributed by atoms with Crippen LogP contribution in [0.15, 0.2) is 176 Å². The third-order valence-corrected chi connectivity index (χ3v) is 14.3. The van der Waals surface area contributed by atoms with Crippen molar-refractivity contribution >= 4 is 96.4 Å². The number of thiophene rings is 1. The van der Waals surface area contributed by atoms with Gasteiger partial charge in [-0.05, 0) is 113 Å². The van der Waals surface area contributed by atoms with E-state index in [-0.39, 0.29) is 5.41 Å². The molecule has 1 aliphatic rings. The summed E-state index contributed by atoms with van der Waals surface area (Å²) in [4.78, 5) is 0. The molecule has 0 unspecified atom stereocenters. The van der Waals surface area contributed by atoms with Crippen LogP contribution < -0.4 is 0 Å². The molecule has 2 aromatic heterocycles. The lowest BCUT2D eigenvalue weighted by atomic mass is 9.77. The predicted octanol–water partition coefficient (Wildman–Crippen LogP) is 15.7. The van der Waals surface area contributed by atoms with Crippen LogP contribution >= 0.6 is 11.3 Å². The Morgan fingerprint density at radius 2 is 0.982 bits per heavy atom. The zero-order valence-electron chi connectivity index (χ0n) is 31.6. The van der Waals surface area contributed by atoms with Crippen LogP contribution in [-0.4, -0.2) is 4.57 Å². The molecule has 0 N–H and O–H groups in total. The van der Waals surface area contributed by atoms with E-state index >= 15 is 0 Å². The molecule has 57 heavy (non-hydrogen) atoms. The highest BCUT2D eigenvalue weighted by molar-refractivity contribution is 7.26. The average molecular weight is 742 g/mol. The molecular weight excluding hydrogens is 707 g/mol. The van der Waals surface area contributed by atoms with Crippen molar-refractivity contribution in [1.82, 2.24) is 4.57 Å². The minimum Gasteiger partial charge on any atom is -0.308 e. The second-order valence-corrected chi connectivity index (χ2v) is 17.4. The third kappa shape index (κ3) is 4.08. The van der Waals surface area contributed by atoms with Gasteiger partial charge in [-0.15, -0.1) is 11.3 Å². The van der Waals surface area contributed by atoms with Crippen molar-refractivity contribution < 1.29 is 0 Å². The number of benzene rings is 10. The van der Waals surface area contributed by atoms with E-state index in [0.29, 0.717) is 0 Å². The van der Waals surface area contributed by atoms with Crippen molar-refractivity contribution in [3.05, 3.63) is 187 Å². The Morgan fingerprint density at radius 3 is 1.75 bits per heavy atom. The minimum absolute atomic E-state index is 0.225. The lowest BCUT2D eigenvalue weighted by molar-refractivity contribution is 0.667. The molecule has 1 aliphatic carbocycles.